The number of hydrogen-bond donors (Lipinski definition) is 1. The van der Waals surface area contributed by atoms with E-state index in [1.807, 2.05) is 0 Å². The first-order valence-electron chi connectivity index (χ1n) is 5.72. The van der Waals surface area contributed by atoms with Gasteiger partial charge in [-0.05, 0) is 41.1 Å². The number of hydrogen-bond acceptors (Lipinski definition) is 4. The molecule has 0 heterocycles. The van der Waals surface area contributed by atoms with E-state index in [0.29, 0.717) is 0 Å². The summed E-state index contributed by atoms with van der Waals surface area (Å²) in [5.74, 6) is -0.511. The fourth-order valence-corrected chi connectivity index (χ4v) is 3.82. The van der Waals surface area contributed by atoms with Crippen LogP contribution < -0.4 is 10.5 Å². The van der Waals surface area contributed by atoms with Crippen LogP contribution >= 0.6 is 28.3 Å². The zero-order valence-corrected chi connectivity index (χ0v) is 14.8. The molecular weight excluding hydrogens is 413 g/mol. The molecule has 0 aliphatic carbocycles. The normalized spacial score (nSPS) is 13.6. The average Bonchev–Trinajstić information content (AvgIpc) is 2.34. The van der Waals surface area contributed by atoms with Crippen molar-refractivity contribution in [1.29, 1.82) is 0 Å². The lowest BCUT2D eigenvalue weighted by Crippen LogP contribution is -2.39. The fraction of sp³-hybridized carbons (Fsp3) is 0.455. The number of halogens is 5. The Morgan fingerprint density at radius 2 is 1.95 bits per heavy atom. The minimum Gasteiger partial charge on any atom is -0.406 e. The highest BCUT2D eigenvalue weighted by Gasteiger charge is 2.32. The van der Waals surface area contributed by atoms with Gasteiger partial charge in [-0.2, -0.15) is 4.31 Å². The minimum atomic E-state index is -4.84. The van der Waals surface area contributed by atoms with Crippen molar-refractivity contribution in [2.45, 2.75) is 24.2 Å². The number of likely N-dealkylation sites (N-methyl/N-ethyl adjacent to an activating group) is 1. The number of benzene rings is 1. The van der Waals surface area contributed by atoms with E-state index in [1.54, 1.807) is 6.92 Å². The van der Waals surface area contributed by atoms with Gasteiger partial charge in [-0.25, -0.2) is 8.42 Å². The maximum atomic E-state index is 12.3. The molecule has 0 saturated carbocycles. The largest absolute Gasteiger partial charge is 0.573 e. The second-order valence-corrected chi connectivity index (χ2v) is 7.07. The summed E-state index contributed by atoms with van der Waals surface area (Å²) in [6.07, 6.45) is -4.84. The molecule has 11 heteroatoms. The van der Waals surface area contributed by atoms with Crippen LogP contribution in [0.25, 0.3) is 0 Å². The van der Waals surface area contributed by atoms with Crippen molar-refractivity contribution in [3.63, 3.8) is 0 Å². The van der Waals surface area contributed by atoms with E-state index in [-0.39, 0.29) is 28.3 Å². The SMILES string of the molecule is CC(CN)N(C)S(=O)(=O)c1ccc(OC(F)(F)F)cc1Br.Cl. The third-order valence-electron chi connectivity index (χ3n) is 2.76. The number of alkyl halides is 3. The lowest BCUT2D eigenvalue weighted by molar-refractivity contribution is -0.274. The van der Waals surface area contributed by atoms with E-state index in [4.69, 9.17) is 5.73 Å². The van der Waals surface area contributed by atoms with Gasteiger partial charge in [-0.15, -0.1) is 25.6 Å². The Hall–Kier alpha value is -0.550. The first-order chi connectivity index (χ1) is 9.49. The molecule has 0 aliphatic rings. The molecule has 1 atom stereocenters. The Kier molecular flexibility index (Phi) is 7.63. The van der Waals surface area contributed by atoms with E-state index in [0.717, 1.165) is 22.5 Å². The van der Waals surface area contributed by atoms with Crippen molar-refractivity contribution >= 4 is 38.4 Å². The van der Waals surface area contributed by atoms with Gasteiger partial charge >= 0.3 is 6.36 Å². The van der Waals surface area contributed by atoms with E-state index >= 15 is 0 Å². The molecular formula is C11H15BrClF3N2O3S. The topological polar surface area (TPSA) is 72.6 Å². The van der Waals surface area contributed by atoms with Crippen molar-refractivity contribution in [3.05, 3.63) is 22.7 Å². The van der Waals surface area contributed by atoms with Crippen molar-refractivity contribution in [2.24, 2.45) is 5.73 Å². The van der Waals surface area contributed by atoms with Gasteiger partial charge in [0.05, 0.1) is 4.90 Å². The summed E-state index contributed by atoms with van der Waals surface area (Å²) in [5, 5.41) is 0. The zero-order valence-electron chi connectivity index (χ0n) is 11.6. The van der Waals surface area contributed by atoms with Crippen molar-refractivity contribution in [2.75, 3.05) is 13.6 Å². The summed E-state index contributed by atoms with van der Waals surface area (Å²) in [6, 6.07) is 2.47. The molecule has 0 spiro atoms. The molecule has 128 valence electrons. The van der Waals surface area contributed by atoms with Crippen LogP contribution in [0.2, 0.25) is 0 Å². The molecule has 5 nitrogen and oxygen atoms in total. The highest BCUT2D eigenvalue weighted by molar-refractivity contribution is 9.10. The second-order valence-electron chi connectivity index (χ2n) is 4.25. The Morgan fingerprint density at radius 1 is 1.41 bits per heavy atom. The Labute approximate surface area is 141 Å². The highest BCUT2D eigenvalue weighted by atomic mass is 79.9. The van der Waals surface area contributed by atoms with Crippen LogP contribution in [-0.4, -0.2) is 38.7 Å². The van der Waals surface area contributed by atoms with Gasteiger partial charge in [0.2, 0.25) is 10.0 Å². The van der Waals surface area contributed by atoms with Crippen LogP contribution in [0.5, 0.6) is 5.75 Å². The summed E-state index contributed by atoms with van der Waals surface area (Å²) in [4.78, 5) is -0.167. The lowest BCUT2D eigenvalue weighted by Gasteiger charge is -2.23. The van der Waals surface area contributed by atoms with E-state index in [9.17, 15) is 21.6 Å². The predicted molar refractivity (Wildman–Crippen MR) is 81.5 cm³/mol. The monoisotopic (exact) mass is 426 g/mol. The Bertz CT molecular complexity index is 613. The van der Waals surface area contributed by atoms with Crippen LogP contribution in [0, 0.1) is 0 Å². The molecule has 0 aromatic heterocycles. The zero-order chi connectivity index (χ0) is 16.4. The first kappa shape index (κ1) is 21.4. The maximum Gasteiger partial charge on any atom is 0.573 e. The van der Waals surface area contributed by atoms with E-state index in [1.165, 1.54) is 7.05 Å². The van der Waals surface area contributed by atoms with Gasteiger partial charge < -0.3 is 10.5 Å². The Morgan fingerprint density at radius 3 is 2.36 bits per heavy atom. The van der Waals surface area contributed by atoms with Gasteiger partial charge in [0.1, 0.15) is 5.75 Å². The van der Waals surface area contributed by atoms with Crippen LogP contribution in [0.4, 0.5) is 13.2 Å². The predicted octanol–water partition coefficient (Wildman–Crippen LogP) is 2.74. The third kappa shape index (κ3) is 5.27. The second kappa shape index (κ2) is 7.82. The smallest absolute Gasteiger partial charge is 0.406 e. The van der Waals surface area contributed by atoms with E-state index < -0.39 is 28.2 Å². The molecule has 0 fully saturated rings. The summed E-state index contributed by atoms with van der Waals surface area (Å²) >= 11 is 2.95. The molecule has 22 heavy (non-hydrogen) atoms. The standard InChI is InChI=1S/C11H14BrF3N2O3S.ClH/c1-7(6-16)17(2)21(18,19)10-4-3-8(5-9(10)12)20-11(13,14)15;/h3-5,7H,6,16H2,1-2H3;1H. The summed E-state index contributed by atoms with van der Waals surface area (Å²) in [7, 11) is -2.53. The maximum absolute atomic E-state index is 12.3. The van der Waals surface area contributed by atoms with Crippen molar-refractivity contribution in [1.82, 2.24) is 4.31 Å². The highest BCUT2D eigenvalue weighted by Crippen LogP contribution is 2.31. The molecule has 0 amide bonds. The number of nitrogens with two attached hydrogens (primary N) is 1. The average molecular weight is 428 g/mol. The molecule has 1 aromatic carbocycles. The van der Waals surface area contributed by atoms with Crippen LogP contribution in [0.15, 0.2) is 27.6 Å². The molecule has 0 radical (unpaired) electrons. The minimum absolute atomic E-state index is 0. The van der Waals surface area contributed by atoms with Gasteiger partial charge in [0.15, 0.2) is 0 Å². The fourth-order valence-electron chi connectivity index (χ4n) is 1.43. The number of nitrogens with zero attached hydrogens (tertiary/aromatic N) is 1. The van der Waals surface area contributed by atoms with Crippen molar-refractivity contribution in [3.8, 4) is 5.75 Å². The summed E-state index contributed by atoms with van der Waals surface area (Å²) in [6.45, 7) is 1.73. The third-order valence-corrected chi connectivity index (χ3v) is 5.70. The number of rotatable bonds is 5. The van der Waals surface area contributed by atoms with E-state index in [2.05, 4.69) is 20.7 Å². The summed E-state index contributed by atoms with van der Waals surface area (Å²) < 4.78 is 65.7. The molecule has 0 saturated heterocycles. The molecule has 0 aliphatic heterocycles. The van der Waals surface area contributed by atoms with Crippen LogP contribution in [0.1, 0.15) is 6.92 Å². The molecule has 0 bridgehead atoms. The first-order valence-corrected chi connectivity index (χ1v) is 7.95. The molecule has 1 rings (SSSR count). The van der Waals surface area contributed by atoms with Crippen molar-refractivity contribution < 1.29 is 26.3 Å². The lowest BCUT2D eigenvalue weighted by atomic mass is 10.3. The molecule has 1 unspecified atom stereocenters. The molecule has 1 aromatic rings. The number of ether oxygens (including phenoxy) is 1. The van der Waals surface area contributed by atoms with Gasteiger partial charge in [-0.1, -0.05) is 0 Å². The van der Waals surface area contributed by atoms with Crippen LogP contribution in [0.3, 0.4) is 0 Å². The van der Waals surface area contributed by atoms with Gasteiger partial charge in [-0.3, -0.25) is 0 Å². The Balaban J connectivity index is 0.00000441. The number of sulfonamides is 1. The molecule has 2 N–H and O–H groups in total. The van der Waals surface area contributed by atoms with Crippen LogP contribution in [-0.2, 0) is 10.0 Å². The van der Waals surface area contributed by atoms with Gasteiger partial charge in [0.25, 0.3) is 0 Å². The quantitative estimate of drug-likeness (QED) is 0.784. The van der Waals surface area contributed by atoms with Gasteiger partial charge in [0, 0.05) is 24.1 Å². The summed E-state index contributed by atoms with van der Waals surface area (Å²) in [5.41, 5.74) is 5.42.